The normalized spacial score (nSPS) is 13.9. The molecule has 0 spiro atoms. The first-order valence-corrected chi connectivity index (χ1v) is 3.58. The van der Waals surface area contributed by atoms with Crippen LogP contribution in [0.3, 0.4) is 0 Å². The van der Waals surface area contributed by atoms with Gasteiger partial charge in [0.2, 0.25) is 0 Å². The van der Waals surface area contributed by atoms with Crippen LogP contribution in [0.1, 0.15) is 11.3 Å². The average molecular weight is 191 g/mol. The fourth-order valence-corrected chi connectivity index (χ4v) is 1.32. The highest BCUT2D eigenvalue weighted by atomic mass is 35.5. The van der Waals surface area contributed by atoms with Gasteiger partial charge in [-0.1, -0.05) is 11.6 Å². The molecule has 1 N–H and O–H groups in total. The largest absolute Gasteiger partial charge is 0.307 e. The molecule has 1 aliphatic heterocycles. The Labute approximate surface area is 76.4 Å². The quantitative estimate of drug-likeness (QED) is 0.675. The molecule has 1 aromatic rings. The molecule has 4 heteroatoms. The molecule has 0 amide bonds. The Hall–Kier alpha value is -0.310. The molecule has 60 valence electrons. The van der Waals surface area contributed by atoms with E-state index >= 15 is 0 Å². The topological polar surface area (TPSA) is 24.9 Å². The summed E-state index contributed by atoms with van der Waals surface area (Å²) in [5.74, 6) is 0. The van der Waals surface area contributed by atoms with Crippen molar-refractivity contribution in [3.8, 4) is 0 Å². The minimum atomic E-state index is 0. The minimum Gasteiger partial charge on any atom is -0.307 e. The third-order valence-electron chi connectivity index (χ3n) is 1.63. The van der Waals surface area contributed by atoms with Gasteiger partial charge in [-0.05, 0) is 11.6 Å². The maximum Gasteiger partial charge on any atom is 0.0592 e. The Kier molecular flexibility index (Phi) is 2.71. The van der Waals surface area contributed by atoms with Crippen LogP contribution in [0.2, 0.25) is 5.02 Å². The van der Waals surface area contributed by atoms with Crippen LogP contribution in [0.15, 0.2) is 12.3 Å². The zero-order chi connectivity index (χ0) is 6.97. The van der Waals surface area contributed by atoms with Crippen molar-refractivity contribution >= 4 is 24.0 Å². The molecule has 0 atom stereocenters. The second-order valence-electron chi connectivity index (χ2n) is 2.36. The summed E-state index contributed by atoms with van der Waals surface area (Å²) in [5.41, 5.74) is 2.36. The molecule has 2 nitrogen and oxygen atoms in total. The highest BCUT2D eigenvalue weighted by molar-refractivity contribution is 6.30. The standard InChI is InChI=1S/C7H7ClN2.ClH/c8-6-1-5-2-9-4-7(5)10-3-6;/h1,3,9H,2,4H2;1H. The SMILES string of the molecule is Cl.Clc1cnc2c(c1)CNC2. The minimum absolute atomic E-state index is 0. The third-order valence-corrected chi connectivity index (χ3v) is 1.84. The van der Waals surface area contributed by atoms with Crippen molar-refractivity contribution in [3.63, 3.8) is 0 Å². The zero-order valence-corrected chi connectivity index (χ0v) is 7.37. The van der Waals surface area contributed by atoms with Gasteiger partial charge in [-0.25, -0.2) is 0 Å². The number of rotatable bonds is 0. The van der Waals surface area contributed by atoms with Gasteiger partial charge in [-0.2, -0.15) is 0 Å². The van der Waals surface area contributed by atoms with Gasteiger partial charge in [0.25, 0.3) is 0 Å². The molecule has 0 radical (unpaired) electrons. The Morgan fingerprint density at radius 1 is 1.45 bits per heavy atom. The van der Waals surface area contributed by atoms with E-state index in [1.54, 1.807) is 6.20 Å². The number of halogens is 2. The number of nitrogens with zero attached hydrogens (tertiary/aromatic N) is 1. The van der Waals surface area contributed by atoms with Crippen LogP contribution < -0.4 is 5.32 Å². The number of aromatic nitrogens is 1. The summed E-state index contributed by atoms with van der Waals surface area (Å²) >= 11 is 5.73. The molecule has 0 saturated carbocycles. The molecule has 11 heavy (non-hydrogen) atoms. The van der Waals surface area contributed by atoms with Gasteiger partial charge in [0.15, 0.2) is 0 Å². The van der Waals surface area contributed by atoms with Gasteiger partial charge in [0.05, 0.1) is 10.7 Å². The van der Waals surface area contributed by atoms with Crippen molar-refractivity contribution in [3.05, 3.63) is 28.5 Å². The summed E-state index contributed by atoms with van der Waals surface area (Å²) in [4.78, 5) is 4.16. The molecule has 2 rings (SSSR count). The first kappa shape index (κ1) is 8.78. The number of hydrogen-bond acceptors (Lipinski definition) is 2. The lowest BCUT2D eigenvalue weighted by molar-refractivity contribution is 0.757. The average Bonchev–Trinajstić information content (AvgIpc) is 2.33. The van der Waals surface area contributed by atoms with E-state index in [4.69, 9.17) is 11.6 Å². The molecule has 0 aliphatic carbocycles. The Bertz CT molecular complexity index is 263. The summed E-state index contributed by atoms with van der Waals surface area (Å²) in [7, 11) is 0. The third kappa shape index (κ3) is 1.64. The van der Waals surface area contributed by atoms with E-state index in [0.717, 1.165) is 23.8 Å². The molecule has 0 fully saturated rings. The Balaban J connectivity index is 0.000000605. The number of fused-ring (bicyclic) bond motifs is 1. The summed E-state index contributed by atoms with van der Waals surface area (Å²) in [6.45, 7) is 1.79. The fourth-order valence-electron chi connectivity index (χ4n) is 1.14. The first-order chi connectivity index (χ1) is 4.86. The molecule has 1 aromatic heterocycles. The Morgan fingerprint density at radius 2 is 2.27 bits per heavy atom. The smallest absolute Gasteiger partial charge is 0.0592 e. The maximum atomic E-state index is 5.73. The van der Waals surface area contributed by atoms with Crippen LogP contribution in [0, 0.1) is 0 Å². The van der Waals surface area contributed by atoms with Gasteiger partial charge >= 0.3 is 0 Å². The van der Waals surface area contributed by atoms with Crippen molar-refractivity contribution < 1.29 is 0 Å². The first-order valence-electron chi connectivity index (χ1n) is 3.20. The van der Waals surface area contributed by atoms with E-state index in [1.807, 2.05) is 6.07 Å². The fraction of sp³-hybridized carbons (Fsp3) is 0.286. The predicted molar refractivity (Wildman–Crippen MR) is 47.0 cm³/mol. The summed E-state index contributed by atoms with van der Waals surface area (Å²) < 4.78 is 0. The highest BCUT2D eigenvalue weighted by Gasteiger charge is 2.10. The maximum absolute atomic E-state index is 5.73. The molecular formula is C7H8Cl2N2. The molecule has 1 aliphatic rings. The van der Waals surface area contributed by atoms with E-state index in [-0.39, 0.29) is 12.4 Å². The van der Waals surface area contributed by atoms with Crippen molar-refractivity contribution in [1.29, 1.82) is 0 Å². The zero-order valence-electron chi connectivity index (χ0n) is 5.80. The van der Waals surface area contributed by atoms with E-state index in [0.29, 0.717) is 0 Å². The van der Waals surface area contributed by atoms with Crippen molar-refractivity contribution in [2.24, 2.45) is 0 Å². The lowest BCUT2D eigenvalue weighted by Gasteiger charge is -1.94. The van der Waals surface area contributed by atoms with Gasteiger partial charge in [0.1, 0.15) is 0 Å². The summed E-state index contributed by atoms with van der Waals surface area (Å²) in [5, 5.41) is 3.92. The second kappa shape index (κ2) is 3.39. The van der Waals surface area contributed by atoms with E-state index < -0.39 is 0 Å². The van der Waals surface area contributed by atoms with Crippen LogP contribution in [-0.2, 0) is 13.1 Å². The summed E-state index contributed by atoms with van der Waals surface area (Å²) in [6, 6.07) is 1.96. The summed E-state index contributed by atoms with van der Waals surface area (Å²) in [6.07, 6.45) is 1.69. The lowest BCUT2D eigenvalue weighted by atomic mass is 10.2. The van der Waals surface area contributed by atoms with Crippen molar-refractivity contribution in [2.45, 2.75) is 13.1 Å². The number of nitrogens with one attached hydrogen (secondary N) is 1. The van der Waals surface area contributed by atoms with E-state index in [1.165, 1.54) is 5.56 Å². The van der Waals surface area contributed by atoms with Crippen LogP contribution in [0.5, 0.6) is 0 Å². The van der Waals surface area contributed by atoms with Crippen LogP contribution in [0.4, 0.5) is 0 Å². The number of pyridine rings is 1. The molecule has 2 heterocycles. The molecule has 0 unspecified atom stereocenters. The lowest BCUT2D eigenvalue weighted by Crippen LogP contribution is -2.00. The number of hydrogen-bond donors (Lipinski definition) is 1. The monoisotopic (exact) mass is 190 g/mol. The molecule has 0 bridgehead atoms. The highest BCUT2D eigenvalue weighted by Crippen LogP contribution is 2.16. The Morgan fingerprint density at radius 3 is 3.09 bits per heavy atom. The van der Waals surface area contributed by atoms with E-state index in [9.17, 15) is 0 Å². The molecular weight excluding hydrogens is 183 g/mol. The predicted octanol–water partition coefficient (Wildman–Crippen LogP) is 1.76. The van der Waals surface area contributed by atoms with Gasteiger partial charge in [-0.3, -0.25) is 4.98 Å². The van der Waals surface area contributed by atoms with Crippen LogP contribution in [-0.4, -0.2) is 4.98 Å². The molecule has 0 aromatic carbocycles. The van der Waals surface area contributed by atoms with Crippen molar-refractivity contribution in [1.82, 2.24) is 10.3 Å². The van der Waals surface area contributed by atoms with Gasteiger partial charge in [0, 0.05) is 19.3 Å². The molecule has 0 saturated heterocycles. The van der Waals surface area contributed by atoms with E-state index in [2.05, 4.69) is 10.3 Å². The second-order valence-corrected chi connectivity index (χ2v) is 2.80. The van der Waals surface area contributed by atoms with Gasteiger partial charge < -0.3 is 5.32 Å². The van der Waals surface area contributed by atoms with Crippen LogP contribution in [0.25, 0.3) is 0 Å². The van der Waals surface area contributed by atoms with Crippen molar-refractivity contribution in [2.75, 3.05) is 0 Å². The van der Waals surface area contributed by atoms with Gasteiger partial charge in [-0.15, -0.1) is 12.4 Å². The van der Waals surface area contributed by atoms with Crippen LogP contribution >= 0.6 is 24.0 Å².